The highest BCUT2D eigenvalue weighted by molar-refractivity contribution is 7.80. The monoisotopic (exact) mass is 183 g/mol. The van der Waals surface area contributed by atoms with Crippen molar-refractivity contribution in [1.82, 2.24) is 0 Å². The zero-order valence-corrected chi connectivity index (χ0v) is 7.92. The van der Waals surface area contributed by atoms with E-state index in [1.54, 1.807) is 0 Å². The van der Waals surface area contributed by atoms with Crippen molar-refractivity contribution >= 4 is 18.3 Å². The molecular formula is C9H13NOS. The number of anilines is 1. The Morgan fingerprint density at radius 2 is 2.17 bits per heavy atom. The Morgan fingerprint density at radius 3 is 2.75 bits per heavy atom. The van der Waals surface area contributed by atoms with E-state index in [9.17, 15) is 0 Å². The van der Waals surface area contributed by atoms with E-state index in [0.717, 1.165) is 6.42 Å². The third-order valence-corrected chi connectivity index (χ3v) is 2.00. The van der Waals surface area contributed by atoms with E-state index < -0.39 is 0 Å². The van der Waals surface area contributed by atoms with Gasteiger partial charge in [-0.1, -0.05) is 19.1 Å². The van der Waals surface area contributed by atoms with Gasteiger partial charge in [-0.15, -0.1) is 12.6 Å². The number of thiol groups is 1. The van der Waals surface area contributed by atoms with Gasteiger partial charge in [0.05, 0.1) is 5.69 Å². The molecule has 1 unspecified atom stereocenters. The first kappa shape index (κ1) is 9.26. The van der Waals surface area contributed by atoms with Crippen LogP contribution in [0.3, 0.4) is 0 Å². The first-order chi connectivity index (χ1) is 5.74. The van der Waals surface area contributed by atoms with Crippen molar-refractivity contribution in [3.05, 3.63) is 24.3 Å². The van der Waals surface area contributed by atoms with Crippen LogP contribution in [0.2, 0.25) is 0 Å². The van der Waals surface area contributed by atoms with Crippen LogP contribution in [0.4, 0.5) is 5.69 Å². The summed E-state index contributed by atoms with van der Waals surface area (Å²) in [5.74, 6) is 0.708. The molecule has 0 amide bonds. The fraction of sp³-hybridized carbons (Fsp3) is 0.333. The molecule has 0 radical (unpaired) electrons. The number of benzene rings is 1. The quantitative estimate of drug-likeness (QED) is 0.428. The van der Waals surface area contributed by atoms with Crippen LogP contribution >= 0.6 is 12.6 Å². The summed E-state index contributed by atoms with van der Waals surface area (Å²) in [7, 11) is 0. The number of para-hydroxylation sites is 2. The number of rotatable bonds is 3. The molecule has 1 aromatic rings. The summed E-state index contributed by atoms with van der Waals surface area (Å²) in [5.41, 5.74) is 6.25. The Kier molecular flexibility index (Phi) is 3.29. The normalized spacial score (nSPS) is 12.5. The molecule has 0 bridgehead atoms. The van der Waals surface area contributed by atoms with Gasteiger partial charge in [0.2, 0.25) is 0 Å². The molecule has 0 saturated heterocycles. The number of hydrogen-bond donors (Lipinski definition) is 2. The van der Waals surface area contributed by atoms with Crippen LogP contribution in [0.15, 0.2) is 24.3 Å². The predicted molar refractivity (Wildman–Crippen MR) is 54.5 cm³/mol. The first-order valence-corrected chi connectivity index (χ1v) is 4.45. The van der Waals surface area contributed by atoms with Crippen molar-refractivity contribution in [2.75, 3.05) is 5.73 Å². The van der Waals surface area contributed by atoms with Gasteiger partial charge in [0.15, 0.2) is 0 Å². The third-order valence-electron chi connectivity index (χ3n) is 1.53. The van der Waals surface area contributed by atoms with Crippen LogP contribution in [-0.2, 0) is 0 Å². The first-order valence-electron chi connectivity index (χ1n) is 3.93. The van der Waals surface area contributed by atoms with Crippen molar-refractivity contribution in [2.24, 2.45) is 0 Å². The molecule has 3 heteroatoms. The van der Waals surface area contributed by atoms with E-state index >= 15 is 0 Å². The van der Waals surface area contributed by atoms with Crippen molar-refractivity contribution in [3.63, 3.8) is 0 Å². The van der Waals surface area contributed by atoms with Gasteiger partial charge in [-0.3, -0.25) is 0 Å². The lowest BCUT2D eigenvalue weighted by molar-refractivity contribution is 0.287. The SMILES string of the molecule is CCC(S)Oc1ccccc1N. The molecule has 1 atom stereocenters. The highest BCUT2D eigenvalue weighted by Crippen LogP contribution is 2.22. The van der Waals surface area contributed by atoms with Crippen LogP contribution < -0.4 is 10.5 Å². The van der Waals surface area contributed by atoms with Gasteiger partial charge in [0.25, 0.3) is 0 Å². The van der Waals surface area contributed by atoms with E-state index in [1.165, 1.54) is 0 Å². The highest BCUT2D eigenvalue weighted by atomic mass is 32.1. The van der Waals surface area contributed by atoms with Gasteiger partial charge in [-0.05, 0) is 18.6 Å². The lowest BCUT2D eigenvalue weighted by Gasteiger charge is -2.12. The van der Waals surface area contributed by atoms with E-state index in [1.807, 2.05) is 31.2 Å². The largest absolute Gasteiger partial charge is 0.478 e. The maximum Gasteiger partial charge on any atom is 0.143 e. The fourth-order valence-corrected chi connectivity index (χ4v) is 0.931. The van der Waals surface area contributed by atoms with Gasteiger partial charge in [-0.2, -0.15) is 0 Å². The summed E-state index contributed by atoms with van der Waals surface area (Å²) in [6.45, 7) is 2.01. The van der Waals surface area contributed by atoms with Gasteiger partial charge >= 0.3 is 0 Å². The Labute approximate surface area is 78.1 Å². The second-order valence-electron chi connectivity index (χ2n) is 2.52. The van der Waals surface area contributed by atoms with Gasteiger partial charge < -0.3 is 10.5 Å². The standard InChI is InChI=1S/C9H13NOS/c1-2-9(12)11-8-6-4-3-5-7(8)10/h3-6,9,12H,2,10H2,1H3. The van der Waals surface area contributed by atoms with Crippen molar-refractivity contribution in [1.29, 1.82) is 0 Å². The minimum absolute atomic E-state index is 0.0744. The molecule has 0 aliphatic heterocycles. The molecule has 0 aliphatic carbocycles. The molecule has 0 aromatic heterocycles. The molecule has 0 heterocycles. The number of nitrogen functional groups attached to an aromatic ring is 1. The lowest BCUT2D eigenvalue weighted by Crippen LogP contribution is -2.07. The minimum Gasteiger partial charge on any atom is -0.478 e. The highest BCUT2D eigenvalue weighted by Gasteiger charge is 2.03. The topological polar surface area (TPSA) is 35.2 Å². The molecule has 0 fully saturated rings. The van der Waals surface area contributed by atoms with Gasteiger partial charge in [0, 0.05) is 0 Å². The third kappa shape index (κ3) is 2.34. The van der Waals surface area contributed by atoms with Crippen LogP contribution in [-0.4, -0.2) is 5.44 Å². The average Bonchev–Trinajstić information content (AvgIpc) is 2.09. The summed E-state index contributed by atoms with van der Waals surface area (Å²) < 4.78 is 5.43. The number of nitrogens with two attached hydrogens (primary N) is 1. The summed E-state index contributed by atoms with van der Waals surface area (Å²) in [6.07, 6.45) is 0.859. The number of hydrogen-bond acceptors (Lipinski definition) is 3. The Hall–Kier alpha value is -0.830. The molecule has 12 heavy (non-hydrogen) atoms. The van der Waals surface area contributed by atoms with Crippen molar-refractivity contribution < 1.29 is 4.74 Å². The second kappa shape index (κ2) is 4.26. The maximum atomic E-state index is 5.66. The zero-order valence-electron chi connectivity index (χ0n) is 7.03. The Balaban J connectivity index is 2.69. The van der Waals surface area contributed by atoms with Crippen LogP contribution in [0.25, 0.3) is 0 Å². The molecule has 2 N–H and O–H groups in total. The fourth-order valence-electron chi connectivity index (χ4n) is 0.818. The summed E-state index contributed by atoms with van der Waals surface area (Å²) >= 11 is 4.21. The summed E-state index contributed by atoms with van der Waals surface area (Å²) in [5, 5.41) is 0. The summed E-state index contributed by atoms with van der Waals surface area (Å²) in [4.78, 5) is 0. The predicted octanol–water partition coefficient (Wildman–Crippen LogP) is 2.31. The molecular weight excluding hydrogens is 170 g/mol. The van der Waals surface area contributed by atoms with Crippen molar-refractivity contribution in [2.45, 2.75) is 18.8 Å². The minimum atomic E-state index is -0.0744. The van der Waals surface area contributed by atoms with Crippen LogP contribution in [0.5, 0.6) is 5.75 Å². The van der Waals surface area contributed by atoms with Crippen LogP contribution in [0.1, 0.15) is 13.3 Å². The van der Waals surface area contributed by atoms with E-state index in [-0.39, 0.29) is 5.44 Å². The Morgan fingerprint density at radius 1 is 1.50 bits per heavy atom. The molecule has 1 aromatic carbocycles. The molecule has 0 saturated carbocycles. The van der Waals surface area contributed by atoms with Gasteiger partial charge in [-0.25, -0.2) is 0 Å². The molecule has 1 rings (SSSR count). The molecule has 0 aliphatic rings. The van der Waals surface area contributed by atoms with E-state index in [0.29, 0.717) is 11.4 Å². The zero-order chi connectivity index (χ0) is 8.97. The van der Waals surface area contributed by atoms with Crippen LogP contribution in [0, 0.1) is 0 Å². The number of ether oxygens (including phenoxy) is 1. The van der Waals surface area contributed by atoms with Gasteiger partial charge in [0.1, 0.15) is 11.2 Å². The van der Waals surface area contributed by atoms with E-state index in [4.69, 9.17) is 10.5 Å². The summed E-state index contributed by atoms with van der Waals surface area (Å²) in [6, 6.07) is 7.42. The molecule has 66 valence electrons. The average molecular weight is 183 g/mol. The van der Waals surface area contributed by atoms with E-state index in [2.05, 4.69) is 12.6 Å². The van der Waals surface area contributed by atoms with Crippen molar-refractivity contribution in [3.8, 4) is 5.75 Å². The smallest absolute Gasteiger partial charge is 0.143 e. The second-order valence-corrected chi connectivity index (χ2v) is 3.09. The Bertz CT molecular complexity index is 252. The maximum absolute atomic E-state index is 5.66. The molecule has 0 spiro atoms. The molecule has 2 nitrogen and oxygen atoms in total. The lowest BCUT2D eigenvalue weighted by atomic mass is 10.3.